The maximum absolute atomic E-state index is 13.7. The molecule has 2 aliphatic heterocycles. The Labute approximate surface area is 178 Å². The van der Waals surface area contributed by atoms with E-state index in [9.17, 15) is 24.6 Å². The molecule has 2 heterocycles. The lowest BCUT2D eigenvalue weighted by molar-refractivity contribution is -0.143. The molecule has 3 atom stereocenters. The van der Waals surface area contributed by atoms with Crippen LogP contribution in [-0.4, -0.2) is 38.7 Å². The number of hydrogen-bond acceptors (Lipinski definition) is 7. The number of allylic oxidation sites excluding steroid dienone is 2. The fraction of sp³-hybridized carbons (Fsp3) is 0.292. The standard InChI is InChI=1S/C24H21NO6/c1-4-11(3)19-24(30)31-23-13-8-10(2)9-15(27)16(13)18-20(25(19)23)22(29)17-12(21(18)28)6-5-7-14(17)26/h5-9,11,19,23,26-27H,4H2,1-3H3/t11?,19-,23-/m0/s1. The van der Waals surface area contributed by atoms with Gasteiger partial charge in [0.1, 0.15) is 23.2 Å². The summed E-state index contributed by atoms with van der Waals surface area (Å²) in [5.41, 5.74) is 1.41. The van der Waals surface area contributed by atoms with Crippen molar-refractivity contribution in [3.05, 3.63) is 63.8 Å². The number of benzene rings is 2. The summed E-state index contributed by atoms with van der Waals surface area (Å²) >= 11 is 0. The van der Waals surface area contributed by atoms with Gasteiger partial charge in [0.2, 0.25) is 12.0 Å². The van der Waals surface area contributed by atoms with Gasteiger partial charge >= 0.3 is 5.97 Å². The van der Waals surface area contributed by atoms with Gasteiger partial charge < -0.3 is 19.8 Å². The molecular weight excluding hydrogens is 398 g/mol. The Morgan fingerprint density at radius 2 is 1.81 bits per heavy atom. The van der Waals surface area contributed by atoms with Crippen LogP contribution in [-0.2, 0) is 9.53 Å². The Bertz CT molecular complexity index is 1230. The summed E-state index contributed by atoms with van der Waals surface area (Å²) in [4.78, 5) is 41.7. The second kappa shape index (κ2) is 6.44. The molecule has 7 heteroatoms. The van der Waals surface area contributed by atoms with Gasteiger partial charge in [-0.15, -0.1) is 0 Å². The smallest absolute Gasteiger partial charge is 0.331 e. The van der Waals surface area contributed by atoms with Crippen LogP contribution in [0.15, 0.2) is 36.0 Å². The molecule has 1 saturated heterocycles. The third-order valence-electron chi connectivity index (χ3n) is 6.46. The molecule has 2 N–H and O–H groups in total. The monoisotopic (exact) mass is 419 g/mol. The van der Waals surface area contributed by atoms with E-state index >= 15 is 0 Å². The first-order valence-electron chi connectivity index (χ1n) is 10.2. The molecule has 0 saturated carbocycles. The van der Waals surface area contributed by atoms with Gasteiger partial charge in [0.25, 0.3) is 0 Å². The molecule has 7 nitrogen and oxygen atoms in total. The Morgan fingerprint density at radius 3 is 2.52 bits per heavy atom. The van der Waals surface area contributed by atoms with Gasteiger partial charge in [0, 0.05) is 16.7 Å². The van der Waals surface area contributed by atoms with Crippen molar-refractivity contribution in [1.82, 2.24) is 4.90 Å². The number of phenolic OH excluding ortho intramolecular Hbond substituents is 2. The second-order valence-electron chi connectivity index (χ2n) is 8.36. The van der Waals surface area contributed by atoms with Crippen molar-refractivity contribution in [3.8, 4) is 11.5 Å². The molecule has 0 aromatic heterocycles. The molecule has 0 amide bonds. The third kappa shape index (κ3) is 2.43. The highest BCUT2D eigenvalue weighted by Gasteiger charge is 2.54. The largest absolute Gasteiger partial charge is 0.507 e. The predicted molar refractivity (Wildman–Crippen MR) is 110 cm³/mol. The normalized spacial score (nSPS) is 22.5. The van der Waals surface area contributed by atoms with Gasteiger partial charge in [0.05, 0.1) is 11.1 Å². The number of carbonyl (C=O) groups excluding carboxylic acids is 3. The van der Waals surface area contributed by atoms with Crippen LogP contribution in [0.1, 0.15) is 63.9 Å². The van der Waals surface area contributed by atoms with Crippen LogP contribution in [0.25, 0.3) is 5.57 Å². The zero-order valence-corrected chi connectivity index (χ0v) is 17.3. The molecule has 1 unspecified atom stereocenters. The summed E-state index contributed by atoms with van der Waals surface area (Å²) < 4.78 is 5.70. The number of Topliss-reactive ketones (excluding diaryl/α,β-unsaturated/α-hetero) is 2. The van der Waals surface area contributed by atoms with Crippen LogP contribution in [0, 0.1) is 12.8 Å². The van der Waals surface area contributed by atoms with Crippen molar-refractivity contribution in [2.75, 3.05) is 0 Å². The van der Waals surface area contributed by atoms with E-state index in [1.54, 1.807) is 17.9 Å². The molecular formula is C24H21NO6. The summed E-state index contributed by atoms with van der Waals surface area (Å²) in [6.45, 7) is 5.61. The fourth-order valence-corrected chi connectivity index (χ4v) is 4.88. The van der Waals surface area contributed by atoms with Crippen molar-refractivity contribution >= 4 is 23.1 Å². The molecule has 1 aliphatic carbocycles. The number of aromatic hydroxyl groups is 2. The highest BCUT2D eigenvalue weighted by Crippen LogP contribution is 2.52. The maximum Gasteiger partial charge on any atom is 0.331 e. The minimum Gasteiger partial charge on any atom is -0.507 e. The van der Waals surface area contributed by atoms with Gasteiger partial charge in [-0.1, -0.05) is 32.4 Å². The number of aryl methyl sites for hydroxylation is 1. The fourth-order valence-electron chi connectivity index (χ4n) is 4.88. The maximum atomic E-state index is 13.7. The van der Waals surface area contributed by atoms with E-state index in [1.165, 1.54) is 24.3 Å². The van der Waals surface area contributed by atoms with E-state index in [4.69, 9.17) is 4.74 Å². The highest BCUT2D eigenvalue weighted by atomic mass is 16.6. The number of ketones is 2. The Balaban J connectivity index is 1.87. The average molecular weight is 419 g/mol. The van der Waals surface area contributed by atoms with E-state index in [2.05, 4.69) is 0 Å². The van der Waals surface area contributed by atoms with E-state index in [0.717, 1.165) is 5.56 Å². The molecule has 31 heavy (non-hydrogen) atoms. The highest BCUT2D eigenvalue weighted by molar-refractivity contribution is 6.41. The molecule has 1 fully saturated rings. The number of fused-ring (bicyclic) bond motifs is 6. The molecule has 0 bridgehead atoms. The molecule has 158 valence electrons. The van der Waals surface area contributed by atoms with Gasteiger partial charge in [-0.05, 0) is 36.6 Å². The van der Waals surface area contributed by atoms with Crippen LogP contribution < -0.4 is 0 Å². The number of esters is 1. The first-order chi connectivity index (χ1) is 14.8. The first kappa shape index (κ1) is 19.4. The topological polar surface area (TPSA) is 104 Å². The molecule has 0 radical (unpaired) electrons. The number of phenols is 2. The number of hydrogen-bond donors (Lipinski definition) is 2. The number of carbonyl (C=O) groups is 3. The number of nitrogens with zero attached hydrogens (tertiary/aromatic N) is 1. The molecule has 5 rings (SSSR count). The SMILES string of the molecule is CCC(C)[C@H]1C(=O)O[C@H]2c3cc(C)cc(O)c3C3=C(C(=O)c4c(O)cccc4C3=O)N12. The summed E-state index contributed by atoms with van der Waals surface area (Å²) in [5, 5.41) is 21.2. The number of ether oxygens (including phenoxy) is 1. The zero-order valence-electron chi connectivity index (χ0n) is 17.3. The van der Waals surface area contributed by atoms with Gasteiger partial charge in [-0.3, -0.25) is 9.59 Å². The van der Waals surface area contributed by atoms with Crippen molar-refractivity contribution in [2.24, 2.45) is 5.92 Å². The van der Waals surface area contributed by atoms with E-state index in [0.29, 0.717) is 12.0 Å². The summed E-state index contributed by atoms with van der Waals surface area (Å²) in [6, 6.07) is 6.84. The van der Waals surface area contributed by atoms with Gasteiger partial charge in [-0.25, -0.2) is 4.79 Å². The van der Waals surface area contributed by atoms with Crippen LogP contribution in [0.2, 0.25) is 0 Å². The minimum absolute atomic E-state index is 0.00759. The van der Waals surface area contributed by atoms with E-state index in [1.807, 2.05) is 13.8 Å². The summed E-state index contributed by atoms with van der Waals surface area (Å²) in [7, 11) is 0. The summed E-state index contributed by atoms with van der Waals surface area (Å²) in [5.74, 6) is -2.14. The van der Waals surface area contributed by atoms with E-state index < -0.39 is 29.8 Å². The third-order valence-corrected chi connectivity index (χ3v) is 6.46. The van der Waals surface area contributed by atoms with Crippen LogP contribution in [0.3, 0.4) is 0 Å². The molecule has 2 aromatic rings. The van der Waals surface area contributed by atoms with Crippen molar-refractivity contribution < 1.29 is 29.3 Å². The average Bonchev–Trinajstić information content (AvgIpc) is 3.07. The Kier molecular flexibility index (Phi) is 4.02. The lowest BCUT2D eigenvalue weighted by atomic mass is 9.77. The molecule has 0 spiro atoms. The van der Waals surface area contributed by atoms with Crippen LogP contribution in [0.4, 0.5) is 0 Å². The van der Waals surface area contributed by atoms with Crippen molar-refractivity contribution in [3.63, 3.8) is 0 Å². The molecule has 3 aliphatic rings. The lowest BCUT2D eigenvalue weighted by Crippen LogP contribution is -2.45. The van der Waals surface area contributed by atoms with Crippen LogP contribution in [0.5, 0.6) is 11.5 Å². The lowest BCUT2D eigenvalue weighted by Gasteiger charge is -2.39. The number of rotatable bonds is 2. The second-order valence-corrected chi connectivity index (χ2v) is 8.36. The van der Waals surface area contributed by atoms with Gasteiger partial charge in [-0.2, -0.15) is 0 Å². The first-order valence-corrected chi connectivity index (χ1v) is 10.2. The predicted octanol–water partition coefficient (Wildman–Crippen LogP) is 3.48. The van der Waals surface area contributed by atoms with Crippen molar-refractivity contribution in [1.29, 1.82) is 0 Å². The zero-order chi connectivity index (χ0) is 22.2. The Morgan fingerprint density at radius 1 is 1.06 bits per heavy atom. The van der Waals surface area contributed by atoms with Gasteiger partial charge in [0.15, 0.2) is 5.78 Å². The van der Waals surface area contributed by atoms with Crippen molar-refractivity contribution in [2.45, 2.75) is 39.5 Å². The quantitative estimate of drug-likeness (QED) is 0.718. The molecule has 2 aromatic carbocycles. The summed E-state index contributed by atoms with van der Waals surface area (Å²) in [6.07, 6.45) is -0.281. The minimum atomic E-state index is -0.935. The van der Waals surface area contributed by atoms with E-state index in [-0.39, 0.29) is 45.4 Å². The Hall–Kier alpha value is -3.61. The van der Waals surface area contributed by atoms with Crippen LogP contribution >= 0.6 is 0 Å².